The number of hydrogen-bond acceptors (Lipinski definition) is 2. The van der Waals surface area contributed by atoms with Crippen LogP contribution in [-0.4, -0.2) is 16.5 Å². The van der Waals surface area contributed by atoms with Gasteiger partial charge in [0.05, 0.1) is 17.6 Å². The fourth-order valence-electron chi connectivity index (χ4n) is 3.05. The van der Waals surface area contributed by atoms with Crippen molar-refractivity contribution in [2.75, 3.05) is 0 Å². The fraction of sp³-hybridized carbons (Fsp3) is 0.238. The Kier molecular flexibility index (Phi) is 3.88. The lowest BCUT2D eigenvalue weighted by Gasteiger charge is -2.14. The molecule has 25 heavy (non-hydrogen) atoms. The number of amides is 1. The Hall–Kier alpha value is -2.88. The van der Waals surface area contributed by atoms with Crippen LogP contribution in [0.4, 0.5) is 0 Å². The Morgan fingerprint density at radius 3 is 2.56 bits per heavy atom. The summed E-state index contributed by atoms with van der Waals surface area (Å²) < 4.78 is 1.73. The molecule has 0 aliphatic heterocycles. The van der Waals surface area contributed by atoms with Crippen LogP contribution in [0.2, 0.25) is 0 Å². The normalized spacial score (nSPS) is 13.8. The molecule has 4 nitrogen and oxygen atoms in total. The Labute approximate surface area is 146 Å². The summed E-state index contributed by atoms with van der Waals surface area (Å²) in [6, 6.07) is 17.5. The summed E-state index contributed by atoms with van der Waals surface area (Å²) in [7, 11) is 0. The maximum Gasteiger partial charge on any atom is 0.252 e. The van der Waals surface area contributed by atoms with Crippen LogP contribution in [0.15, 0.2) is 59.4 Å². The number of para-hydroxylation sites is 1. The van der Waals surface area contributed by atoms with Crippen LogP contribution in [0, 0.1) is 6.92 Å². The molecule has 1 N–H and O–H groups in total. The molecular formula is C21H20N2O2. The molecule has 0 spiro atoms. The topological polar surface area (TPSA) is 51.1 Å². The van der Waals surface area contributed by atoms with Crippen LogP contribution < -0.4 is 10.9 Å². The number of nitrogens with zero attached hydrogens (tertiary/aromatic N) is 1. The molecule has 0 saturated heterocycles. The first-order chi connectivity index (χ1) is 12.1. The SMILES string of the molecule is Cc1ccc(Cn2c(=O)cc(C(=O)NC3CC3)c3ccccc32)cc1. The predicted octanol–water partition coefficient (Wildman–Crippen LogP) is 3.25. The largest absolute Gasteiger partial charge is 0.349 e. The Bertz CT molecular complexity index is 999. The number of hydrogen-bond donors (Lipinski definition) is 1. The van der Waals surface area contributed by atoms with Gasteiger partial charge in [0.2, 0.25) is 0 Å². The lowest BCUT2D eigenvalue weighted by molar-refractivity contribution is 0.0952. The zero-order valence-electron chi connectivity index (χ0n) is 14.2. The molecule has 1 heterocycles. The van der Waals surface area contributed by atoms with E-state index >= 15 is 0 Å². The maximum atomic E-state index is 12.7. The molecule has 126 valence electrons. The standard InChI is InChI=1S/C21H20N2O2/c1-14-6-8-15(9-7-14)13-23-19-5-3-2-4-17(19)18(12-20(23)24)21(25)22-16-10-11-16/h2-9,12,16H,10-11,13H2,1H3,(H,22,25). The minimum Gasteiger partial charge on any atom is -0.349 e. The zero-order valence-corrected chi connectivity index (χ0v) is 14.2. The summed E-state index contributed by atoms with van der Waals surface area (Å²) in [5.74, 6) is -0.154. The molecule has 2 aromatic carbocycles. The lowest BCUT2D eigenvalue weighted by atomic mass is 10.1. The van der Waals surface area contributed by atoms with Crippen molar-refractivity contribution in [2.24, 2.45) is 0 Å². The van der Waals surface area contributed by atoms with Gasteiger partial charge in [0.15, 0.2) is 0 Å². The van der Waals surface area contributed by atoms with Crippen LogP contribution in [0.5, 0.6) is 0 Å². The van der Waals surface area contributed by atoms with E-state index in [0.717, 1.165) is 29.3 Å². The van der Waals surface area contributed by atoms with E-state index in [2.05, 4.69) is 5.32 Å². The molecule has 4 heteroatoms. The number of rotatable bonds is 4. The number of aryl methyl sites for hydroxylation is 1. The minimum absolute atomic E-state index is 0.153. The van der Waals surface area contributed by atoms with Crippen molar-refractivity contribution < 1.29 is 4.79 Å². The number of fused-ring (bicyclic) bond motifs is 1. The first kappa shape index (κ1) is 15.6. The van der Waals surface area contributed by atoms with Gasteiger partial charge in [0.1, 0.15) is 0 Å². The number of benzene rings is 2. The quantitative estimate of drug-likeness (QED) is 0.797. The van der Waals surface area contributed by atoms with E-state index < -0.39 is 0 Å². The summed E-state index contributed by atoms with van der Waals surface area (Å²) in [5, 5.41) is 3.79. The molecule has 1 aliphatic rings. The van der Waals surface area contributed by atoms with E-state index in [1.54, 1.807) is 4.57 Å². The van der Waals surface area contributed by atoms with E-state index in [1.165, 1.54) is 11.6 Å². The first-order valence-corrected chi connectivity index (χ1v) is 8.61. The van der Waals surface area contributed by atoms with Crippen LogP contribution in [0.1, 0.15) is 34.3 Å². The third-order valence-corrected chi connectivity index (χ3v) is 4.64. The number of carbonyl (C=O) groups excluding carboxylic acids is 1. The summed E-state index contributed by atoms with van der Waals surface area (Å²) in [4.78, 5) is 25.2. The summed E-state index contributed by atoms with van der Waals surface area (Å²) in [6.07, 6.45) is 2.04. The van der Waals surface area contributed by atoms with Gasteiger partial charge in [0.25, 0.3) is 11.5 Å². The van der Waals surface area contributed by atoms with Crippen LogP contribution >= 0.6 is 0 Å². The van der Waals surface area contributed by atoms with Crippen LogP contribution in [-0.2, 0) is 6.54 Å². The van der Waals surface area contributed by atoms with Crippen molar-refractivity contribution in [1.82, 2.24) is 9.88 Å². The second-order valence-electron chi connectivity index (χ2n) is 6.73. The van der Waals surface area contributed by atoms with Gasteiger partial charge in [-0.2, -0.15) is 0 Å². The van der Waals surface area contributed by atoms with Crippen molar-refractivity contribution in [3.8, 4) is 0 Å². The van der Waals surface area contributed by atoms with Gasteiger partial charge in [-0.3, -0.25) is 9.59 Å². The highest BCUT2D eigenvalue weighted by Crippen LogP contribution is 2.22. The maximum absolute atomic E-state index is 12.7. The van der Waals surface area contributed by atoms with Crippen LogP contribution in [0.25, 0.3) is 10.9 Å². The van der Waals surface area contributed by atoms with E-state index in [0.29, 0.717) is 12.1 Å². The third kappa shape index (κ3) is 3.20. The molecular weight excluding hydrogens is 312 g/mol. The van der Waals surface area contributed by atoms with Gasteiger partial charge in [-0.05, 0) is 31.4 Å². The molecule has 4 rings (SSSR count). The number of carbonyl (C=O) groups is 1. The number of pyridine rings is 1. The molecule has 1 aromatic heterocycles. The van der Waals surface area contributed by atoms with Crippen molar-refractivity contribution >= 4 is 16.8 Å². The van der Waals surface area contributed by atoms with Gasteiger partial charge in [-0.25, -0.2) is 0 Å². The highest BCUT2D eigenvalue weighted by molar-refractivity contribution is 6.06. The lowest BCUT2D eigenvalue weighted by Crippen LogP contribution is -2.29. The van der Waals surface area contributed by atoms with E-state index in [9.17, 15) is 9.59 Å². The third-order valence-electron chi connectivity index (χ3n) is 4.64. The highest BCUT2D eigenvalue weighted by Gasteiger charge is 2.25. The van der Waals surface area contributed by atoms with E-state index in [4.69, 9.17) is 0 Å². The predicted molar refractivity (Wildman–Crippen MR) is 99.0 cm³/mol. The average Bonchev–Trinajstić information content (AvgIpc) is 3.42. The fourth-order valence-corrected chi connectivity index (χ4v) is 3.05. The van der Waals surface area contributed by atoms with Crippen LogP contribution in [0.3, 0.4) is 0 Å². The molecule has 0 atom stereocenters. The molecule has 3 aromatic rings. The van der Waals surface area contributed by atoms with E-state index in [1.807, 2.05) is 55.5 Å². The average molecular weight is 332 g/mol. The smallest absolute Gasteiger partial charge is 0.252 e. The number of nitrogens with one attached hydrogen (secondary N) is 1. The van der Waals surface area contributed by atoms with E-state index in [-0.39, 0.29) is 17.5 Å². The van der Waals surface area contributed by atoms with Gasteiger partial charge in [-0.1, -0.05) is 48.0 Å². The second-order valence-corrected chi connectivity index (χ2v) is 6.73. The van der Waals surface area contributed by atoms with Gasteiger partial charge >= 0.3 is 0 Å². The second kappa shape index (κ2) is 6.20. The van der Waals surface area contributed by atoms with Crippen molar-refractivity contribution in [1.29, 1.82) is 0 Å². The van der Waals surface area contributed by atoms with Crippen molar-refractivity contribution in [3.63, 3.8) is 0 Å². The Morgan fingerprint density at radius 2 is 1.84 bits per heavy atom. The van der Waals surface area contributed by atoms with Crippen molar-refractivity contribution in [3.05, 3.63) is 81.6 Å². The molecule has 1 amide bonds. The molecule has 1 fully saturated rings. The summed E-state index contributed by atoms with van der Waals surface area (Å²) in [5.41, 5.74) is 3.35. The first-order valence-electron chi connectivity index (χ1n) is 8.61. The summed E-state index contributed by atoms with van der Waals surface area (Å²) >= 11 is 0. The van der Waals surface area contributed by atoms with Gasteiger partial charge in [-0.15, -0.1) is 0 Å². The molecule has 1 saturated carbocycles. The number of aromatic nitrogens is 1. The monoisotopic (exact) mass is 332 g/mol. The zero-order chi connectivity index (χ0) is 17.4. The highest BCUT2D eigenvalue weighted by atomic mass is 16.2. The van der Waals surface area contributed by atoms with Gasteiger partial charge in [0, 0.05) is 17.5 Å². The Morgan fingerprint density at radius 1 is 1.12 bits per heavy atom. The molecule has 0 unspecified atom stereocenters. The summed E-state index contributed by atoms with van der Waals surface area (Å²) in [6.45, 7) is 2.53. The minimum atomic E-state index is -0.154. The molecule has 1 aliphatic carbocycles. The van der Waals surface area contributed by atoms with Crippen molar-refractivity contribution in [2.45, 2.75) is 32.4 Å². The molecule has 0 radical (unpaired) electrons. The molecule has 0 bridgehead atoms. The van der Waals surface area contributed by atoms with Gasteiger partial charge < -0.3 is 9.88 Å². The Balaban J connectivity index is 1.79.